The van der Waals surface area contributed by atoms with Crippen LogP contribution in [-0.4, -0.2) is 57.9 Å². The highest BCUT2D eigenvalue weighted by atomic mass is 35.5. The fourth-order valence-electron chi connectivity index (χ4n) is 4.40. The predicted octanol–water partition coefficient (Wildman–Crippen LogP) is 2.01. The van der Waals surface area contributed by atoms with Crippen molar-refractivity contribution in [1.82, 2.24) is 19.7 Å². The largest absolute Gasteiger partial charge is 0.390 e. The molecule has 0 saturated heterocycles. The highest BCUT2D eigenvalue weighted by Gasteiger charge is 2.43. The Labute approximate surface area is 212 Å². The summed E-state index contributed by atoms with van der Waals surface area (Å²) in [5, 5.41) is 20.1. The molecule has 1 aliphatic rings. The average molecular weight is 538 g/mol. The molecule has 2 heterocycles. The second kappa shape index (κ2) is 10.7. The van der Waals surface area contributed by atoms with Crippen molar-refractivity contribution in [2.75, 3.05) is 6.61 Å². The topological polar surface area (TPSA) is 150 Å². The molecule has 4 rings (SSSR count). The standard InChI is InChI=1S/C23H25ClFN5O5S/c1-13-6-14(2-3-18(13)24)10-30-5-4-19(29-30)23(32)17-9-27-12-28-20(17)8-15-7-16(22(31)21(15)25)11-35-36(26,33)34/h2-6,9,12,15-16,21-22,31H,7-8,10-11H2,1H3,(H2,26,33,34)/t15-,16+,21+,22+/m0/s1. The van der Waals surface area contributed by atoms with Crippen molar-refractivity contribution < 1.29 is 26.9 Å². The quantitative estimate of drug-likeness (QED) is 0.393. The Hall–Kier alpha value is -2.77. The van der Waals surface area contributed by atoms with E-state index in [2.05, 4.69) is 19.2 Å². The summed E-state index contributed by atoms with van der Waals surface area (Å²) in [5.41, 5.74) is 2.57. The van der Waals surface area contributed by atoms with Crippen molar-refractivity contribution in [2.45, 2.75) is 38.6 Å². The van der Waals surface area contributed by atoms with Crippen molar-refractivity contribution in [3.63, 3.8) is 0 Å². The molecule has 1 saturated carbocycles. The van der Waals surface area contributed by atoms with E-state index in [9.17, 15) is 22.7 Å². The molecular weight excluding hydrogens is 513 g/mol. The fraction of sp³-hybridized carbons (Fsp3) is 0.391. The van der Waals surface area contributed by atoms with Crippen molar-refractivity contribution in [3.8, 4) is 0 Å². The molecule has 0 aliphatic heterocycles. The third-order valence-corrected chi connectivity index (χ3v) is 7.14. The molecule has 1 fully saturated rings. The van der Waals surface area contributed by atoms with Crippen LogP contribution in [0.5, 0.6) is 0 Å². The second-order valence-corrected chi connectivity index (χ2v) is 10.5. The number of hydrogen-bond acceptors (Lipinski definition) is 8. The first-order chi connectivity index (χ1) is 17.0. The second-order valence-electron chi connectivity index (χ2n) is 8.87. The lowest BCUT2D eigenvalue weighted by Crippen LogP contribution is -2.29. The molecular formula is C23H25ClFN5O5S. The smallest absolute Gasteiger partial charge is 0.333 e. The minimum atomic E-state index is -4.21. The van der Waals surface area contributed by atoms with Crippen LogP contribution in [0.3, 0.4) is 0 Å². The number of carbonyl (C=O) groups is 1. The van der Waals surface area contributed by atoms with Crippen LogP contribution in [-0.2, 0) is 27.5 Å². The van der Waals surface area contributed by atoms with Gasteiger partial charge < -0.3 is 5.11 Å². The highest BCUT2D eigenvalue weighted by Crippen LogP contribution is 2.36. The Bertz CT molecular complexity index is 1370. The maximum absolute atomic E-state index is 14.8. The van der Waals surface area contributed by atoms with Gasteiger partial charge in [0.1, 0.15) is 18.2 Å². The Morgan fingerprint density at radius 2 is 2.11 bits per heavy atom. The summed E-state index contributed by atoms with van der Waals surface area (Å²) in [6.45, 7) is 1.91. The number of halogens is 2. The van der Waals surface area contributed by atoms with Gasteiger partial charge in [-0.3, -0.25) is 13.7 Å². The van der Waals surface area contributed by atoms with Gasteiger partial charge in [-0.25, -0.2) is 19.5 Å². The van der Waals surface area contributed by atoms with E-state index in [1.807, 2.05) is 19.1 Å². The molecule has 0 bridgehead atoms. The summed E-state index contributed by atoms with van der Waals surface area (Å²) < 4.78 is 43.1. The number of aliphatic hydroxyl groups is 1. The molecule has 3 N–H and O–H groups in total. The number of carbonyl (C=O) groups excluding carboxylic acids is 1. The summed E-state index contributed by atoms with van der Waals surface area (Å²) in [7, 11) is -4.21. The number of rotatable bonds is 9. The normalized spacial score (nSPS) is 22.1. The molecule has 192 valence electrons. The zero-order valence-electron chi connectivity index (χ0n) is 19.3. The van der Waals surface area contributed by atoms with E-state index in [4.69, 9.17) is 16.7 Å². The van der Waals surface area contributed by atoms with Crippen molar-refractivity contribution in [2.24, 2.45) is 17.0 Å². The Morgan fingerprint density at radius 1 is 1.33 bits per heavy atom. The van der Waals surface area contributed by atoms with Crippen LogP contribution in [0.15, 0.2) is 43.0 Å². The molecule has 0 radical (unpaired) electrons. The zero-order chi connectivity index (χ0) is 26.0. The zero-order valence-corrected chi connectivity index (χ0v) is 20.9. The van der Waals surface area contributed by atoms with Crippen LogP contribution in [0, 0.1) is 18.8 Å². The number of nitrogens with two attached hydrogens (primary N) is 1. The average Bonchev–Trinajstić information content (AvgIpc) is 3.40. The molecule has 0 unspecified atom stereocenters. The number of aryl methyl sites for hydroxylation is 1. The molecule has 3 aromatic rings. The Morgan fingerprint density at radius 3 is 2.83 bits per heavy atom. The van der Waals surface area contributed by atoms with Gasteiger partial charge in [-0.2, -0.15) is 13.5 Å². The maximum Gasteiger partial charge on any atom is 0.333 e. The molecule has 2 aromatic heterocycles. The van der Waals surface area contributed by atoms with Gasteiger partial charge in [-0.15, -0.1) is 0 Å². The predicted molar refractivity (Wildman–Crippen MR) is 128 cm³/mol. The Balaban J connectivity index is 1.47. The van der Waals surface area contributed by atoms with Crippen molar-refractivity contribution >= 4 is 27.7 Å². The summed E-state index contributed by atoms with van der Waals surface area (Å²) in [6, 6.07) is 7.21. The van der Waals surface area contributed by atoms with Gasteiger partial charge in [0.05, 0.1) is 30.5 Å². The van der Waals surface area contributed by atoms with Crippen LogP contribution in [0.4, 0.5) is 4.39 Å². The van der Waals surface area contributed by atoms with E-state index in [-0.39, 0.29) is 24.1 Å². The first-order valence-electron chi connectivity index (χ1n) is 11.1. The van der Waals surface area contributed by atoms with Gasteiger partial charge in [-0.1, -0.05) is 23.7 Å². The maximum atomic E-state index is 14.8. The van der Waals surface area contributed by atoms with E-state index in [0.717, 1.165) is 11.1 Å². The monoisotopic (exact) mass is 537 g/mol. The third-order valence-electron chi connectivity index (χ3n) is 6.25. The van der Waals surface area contributed by atoms with Crippen molar-refractivity contribution in [1.29, 1.82) is 0 Å². The minimum absolute atomic E-state index is 0.0401. The van der Waals surface area contributed by atoms with Crippen LogP contribution in [0.2, 0.25) is 5.02 Å². The van der Waals surface area contributed by atoms with Gasteiger partial charge in [-0.05, 0) is 48.9 Å². The van der Waals surface area contributed by atoms with Crippen LogP contribution < -0.4 is 5.14 Å². The first-order valence-corrected chi connectivity index (χ1v) is 13.0. The number of aromatic nitrogens is 4. The number of ketones is 1. The highest BCUT2D eigenvalue weighted by molar-refractivity contribution is 7.84. The van der Waals surface area contributed by atoms with Gasteiger partial charge in [0.2, 0.25) is 5.78 Å². The van der Waals surface area contributed by atoms with Crippen LogP contribution in [0.25, 0.3) is 0 Å². The third kappa shape index (κ3) is 6.13. The summed E-state index contributed by atoms with van der Waals surface area (Å²) in [6.07, 6.45) is 1.38. The molecule has 0 spiro atoms. The van der Waals surface area contributed by atoms with Crippen molar-refractivity contribution in [3.05, 3.63) is 76.1 Å². The lowest BCUT2D eigenvalue weighted by molar-refractivity contribution is 0.0438. The summed E-state index contributed by atoms with van der Waals surface area (Å²) >= 11 is 6.08. The van der Waals surface area contributed by atoms with E-state index < -0.39 is 46.8 Å². The van der Waals surface area contributed by atoms with Gasteiger partial charge in [0, 0.05) is 23.3 Å². The van der Waals surface area contributed by atoms with E-state index in [1.165, 1.54) is 12.5 Å². The molecule has 1 aliphatic carbocycles. The number of benzene rings is 1. The summed E-state index contributed by atoms with van der Waals surface area (Å²) in [4.78, 5) is 21.3. The van der Waals surface area contributed by atoms with E-state index in [0.29, 0.717) is 17.3 Å². The summed E-state index contributed by atoms with van der Waals surface area (Å²) in [5.74, 6) is -1.89. The number of aliphatic hydroxyl groups excluding tert-OH is 1. The Kier molecular flexibility index (Phi) is 7.81. The molecule has 4 atom stereocenters. The van der Waals surface area contributed by atoms with Crippen LogP contribution in [0.1, 0.15) is 39.3 Å². The SMILES string of the molecule is Cc1cc(Cn2ccc(C(=O)c3cncnc3C[C@@H]3C[C@H](COS(N)(=O)=O)[C@@H](O)[C@@H]3F)n2)ccc1Cl. The van der Waals surface area contributed by atoms with Crippen LogP contribution >= 0.6 is 11.6 Å². The molecule has 1 aromatic carbocycles. The minimum Gasteiger partial charge on any atom is -0.390 e. The first kappa shape index (κ1) is 26.3. The molecule has 0 amide bonds. The lowest BCUT2D eigenvalue weighted by atomic mass is 9.95. The van der Waals surface area contributed by atoms with Gasteiger partial charge in [0.25, 0.3) is 0 Å². The van der Waals surface area contributed by atoms with E-state index >= 15 is 0 Å². The molecule has 10 nitrogen and oxygen atoms in total. The van der Waals surface area contributed by atoms with E-state index in [1.54, 1.807) is 23.0 Å². The van der Waals surface area contributed by atoms with Gasteiger partial charge >= 0.3 is 10.3 Å². The number of nitrogens with zero attached hydrogens (tertiary/aromatic N) is 4. The number of alkyl halides is 1. The lowest BCUT2D eigenvalue weighted by Gasteiger charge is -2.15. The molecule has 13 heteroatoms. The number of hydrogen-bond donors (Lipinski definition) is 2. The fourth-order valence-corrected chi connectivity index (χ4v) is 4.88. The van der Waals surface area contributed by atoms with Gasteiger partial charge in [0.15, 0.2) is 0 Å². The molecule has 36 heavy (non-hydrogen) atoms.